The van der Waals surface area contributed by atoms with E-state index < -0.39 is 11.9 Å². The largest absolute Gasteiger partial charge is 0.494 e. The number of esters is 1. The maximum atomic E-state index is 13.6. The van der Waals surface area contributed by atoms with Crippen LogP contribution >= 0.6 is 34.3 Å². The van der Waals surface area contributed by atoms with Crippen LogP contribution in [0.25, 0.3) is 21.5 Å². The van der Waals surface area contributed by atoms with E-state index in [0.717, 1.165) is 99.3 Å². The van der Waals surface area contributed by atoms with Crippen LogP contribution in [0.5, 0.6) is 5.75 Å². The molecule has 0 radical (unpaired) electrons. The number of fused-ring (bicyclic) bond motifs is 2. The first-order valence-corrected chi connectivity index (χ1v) is 21.9. The van der Waals surface area contributed by atoms with E-state index in [1.807, 2.05) is 73.8 Å². The first kappa shape index (κ1) is 41.8. The average Bonchev–Trinajstić information content (AvgIpc) is 3.85. The second-order valence-electron chi connectivity index (χ2n) is 14.6. The van der Waals surface area contributed by atoms with Crippen molar-refractivity contribution in [2.75, 3.05) is 30.5 Å². The first-order chi connectivity index (χ1) is 28.7. The highest BCUT2D eigenvalue weighted by Gasteiger charge is 2.27. The van der Waals surface area contributed by atoms with Gasteiger partial charge in [-0.2, -0.15) is 0 Å². The molecule has 0 unspecified atom stereocenters. The molecule has 0 saturated heterocycles. The molecule has 0 spiro atoms. The summed E-state index contributed by atoms with van der Waals surface area (Å²) in [6, 6.07) is 21.5. The molecule has 4 heterocycles. The van der Waals surface area contributed by atoms with Crippen molar-refractivity contribution in [3.63, 3.8) is 0 Å². The van der Waals surface area contributed by atoms with Crippen LogP contribution in [-0.2, 0) is 35.3 Å². The number of carbonyl (C=O) groups excluding carboxylic acids is 2. The summed E-state index contributed by atoms with van der Waals surface area (Å²) in [5.41, 5.74) is 7.55. The van der Waals surface area contributed by atoms with Gasteiger partial charge in [0.25, 0.3) is 5.91 Å². The zero-order valence-electron chi connectivity index (χ0n) is 33.1. The van der Waals surface area contributed by atoms with Gasteiger partial charge in [0.2, 0.25) is 0 Å². The molecule has 6 aromatic rings. The number of aromatic nitrogens is 3. The maximum absolute atomic E-state index is 13.6. The predicted octanol–water partition coefficient (Wildman–Crippen LogP) is 10.4. The van der Waals surface area contributed by atoms with Crippen molar-refractivity contribution < 1.29 is 29.0 Å². The van der Waals surface area contributed by atoms with E-state index in [0.29, 0.717) is 59.1 Å². The fourth-order valence-corrected chi connectivity index (χ4v) is 9.58. The van der Waals surface area contributed by atoms with E-state index in [2.05, 4.69) is 21.3 Å². The Morgan fingerprint density at radius 2 is 1.76 bits per heavy atom. The number of carboxylic acids is 1. The summed E-state index contributed by atoms with van der Waals surface area (Å²) in [7, 11) is 1.36. The van der Waals surface area contributed by atoms with Crippen LogP contribution in [0.1, 0.15) is 92.9 Å². The number of carboxylic acid groups (broad SMARTS) is 1. The molecule has 1 aliphatic rings. The molecule has 1 aliphatic heterocycles. The average molecular weight is 852 g/mol. The smallest absolute Gasteiger partial charge is 0.357 e. The molecule has 1 amide bonds. The Balaban J connectivity index is 0.940. The number of unbranched alkanes of at least 4 members (excludes halogenated alkanes) is 4. The van der Waals surface area contributed by atoms with Gasteiger partial charge in [0, 0.05) is 41.7 Å². The topological polar surface area (TPSA) is 144 Å². The molecule has 3 aromatic heterocycles. The van der Waals surface area contributed by atoms with Gasteiger partial charge < -0.3 is 19.5 Å². The van der Waals surface area contributed by atoms with Crippen molar-refractivity contribution in [2.45, 2.75) is 77.7 Å². The Morgan fingerprint density at radius 3 is 2.56 bits per heavy atom. The van der Waals surface area contributed by atoms with Gasteiger partial charge in [-0.25, -0.2) is 14.8 Å². The fraction of sp³-hybridized carbons (Fsp3) is 0.333. The van der Waals surface area contributed by atoms with Gasteiger partial charge >= 0.3 is 11.9 Å². The number of para-hydroxylation sites is 1. The van der Waals surface area contributed by atoms with E-state index >= 15 is 0 Å². The molecular formula is C45H46ClN5O6S2. The highest BCUT2D eigenvalue weighted by Crippen LogP contribution is 2.35. The molecule has 0 bridgehead atoms. The third kappa shape index (κ3) is 10.4. The second kappa shape index (κ2) is 19.6. The zero-order valence-corrected chi connectivity index (χ0v) is 35.5. The fourth-order valence-electron chi connectivity index (χ4n) is 7.31. The number of aryl methyl sites for hydroxylation is 3. The van der Waals surface area contributed by atoms with Crippen molar-refractivity contribution in [2.24, 2.45) is 0 Å². The summed E-state index contributed by atoms with van der Waals surface area (Å²) in [6.07, 6.45) is 9.69. The number of rotatable bonds is 18. The number of carbonyl (C=O) groups is 3. The summed E-state index contributed by atoms with van der Waals surface area (Å²) in [5, 5.41) is 13.7. The normalized spacial score (nSPS) is 12.4. The number of hydrogen-bond donors (Lipinski definition) is 2. The molecular weight excluding hydrogens is 806 g/mol. The van der Waals surface area contributed by atoms with Crippen molar-refractivity contribution in [1.82, 2.24) is 15.0 Å². The number of anilines is 2. The molecule has 0 saturated carbocycles. The Kier molecular flexibility index (Phi) is 13.9. The van der Waals surface area contributed by atoms with Gasteiger partial charge in [-0.05, 0) is 110 Å². The number of nitrogens with zero attached hydrogens (tertiary/aromatic N) is 4. The monoisotopic (exact) mass is 851 g/mol. The van der Waals surface area contributed by atoms with E-state index in [9.17, 15) is 14.4 Å². The van der Waals surface area contributed by atoms with E-state index in [4.69, 9.17) is 36.1 Å². The third-order valence-corrected chi connectivity index (χ3v) is 12.8. The molecule has 2 N–H and O–H groups in total. The van der Waals surface area contributed by atoms with Crippen LogP contribution in [0.4, 0.5) is 10.3 Å². The second-order valence-corrected chi connectivity index (χ2v) is 17.1. The Hall–Kier alpha value is -5.37. The summed E-state index contributed by atoms with van der Waals surface area (Å²) in [4.78, 5) is 54.1. The molecule has 0 atom stereocenters. The van der Waals surface area contributed by atoms with Crippen molar-refractivity contribution in [1.29, 1.82) is 0 Å². The molecule has 306 valence electrons. The first-order valence-electron chi connectivity index (χ1n) is 19.9. The predicted molar refractivity (Wildman–Crippen MR) is 235 cm³/mol. The number of nitrogens with one attached hydrogen (secondary N) is 1. The summed E-state index contributed by atoms with van der Waals surface area (Å²) in [6.45, 7) is 3.63. The lowest BCUT2D eigenvalue weighted by Crippen LogP contribution is -2.32. The Bertz CT molecular complexity index is 2430. The van der Waals surface area contributed by atoms with Crippen molar-refractivity contribution >= 4 is 72.6 Å². The summed E-state index contributed by atoms with van der Waals surface area (Å²) >= 11 is 9.64. The number of methoxy groups -OCH3 is 1. The van der Waals surface area contributed by atoms with Crippen LogP contribution in [0.15, 0.2) is 72.9 Å². The Morgan fingerprint density at radius 1 is 0.932 bits per heavy atom. The number of aliphatic carboxylic acids is 1. The van der Waals surface area contributed by atoms with Gasteiger partial charge in [-0.15, -0.1) is 11.3 Å². The molecule has 0 fully saturated rings. The van der Waals surface area contributed by atoms with Gasteiger partial charge in [-0.1, -0.05) is 66.5 Å². The van der Waals surface area contributed by atoms with Crippen LogP contribution < -0.4 is 15.0 Å². The minimum Gasteiger partial charge on any atom is -0.494 e. The summed E-state index contributed by atoms with van der Waals surface area (Å²) in [5.74, 6) is -0.686. The van der Waals surface area contributed by atoms with Gasteiger partial charge in [0.1, 0.15) is 5.75 Å². The number of amides is 1. The molecule has 14 heteroatoms. The lowest BCUT2D eigenvalue weighted by atomic mass is 9.94. The van der Waals surface area contributed by atoms with E-state index in [1.54, 1.807) is 0 Å². The quantitative estimate of drug-likeness (QED) is 0.0633. The highest BCUT2D eigenvalue weighted by atomic mass is 35.5. The minimum atomic E-state index is -0.735. The summed E-state index contributed by atoms with van der Waals surface area (Å²) < 4.78 is 12.3. The van der Waals surface area contributed by atoms with E-state index in [-0.39, 0.29) is 12.3 Å². The van der Waals surface area contributed by atoms with Crippen molar-refractivity contribution in [3.8, 4) is 17.0 Å². The molecule has 59 heavy (non-hydrogen) atoms. The van der Waals surface area contributed by atoms with Crippen LogP contribution in [0, 0.1) is 6.92 Å². The maximum Gasteiger partial charge on any atom is 0.357 e. The van der Waals surface area contributed by atoms with Gasteiger partial charge in [-0.3, -0.25) is 19.9 Å². The number of ether oxygens (including phenoxy) is 2. The molecule has 3 aromatic carbocycles. The van der Waals surface area contributed by atoms with Gasteiger partial charge in [0.05, 0.1) is 34.6 Å². The molecule has 11 nitrogen and oxygen atoms in total. The SMILES string of the molecule is COC(=O)c1nc(N2CCc3cccc(C(=O)Nc4nc5ccccc5s4)c3C2)sc1CCCOc1ccc(-c2ncc(CCCCCCCC(=O)O)cc2Cl)c(C)c1. The number of pyridine rings is 1. The molecule has 7 rings (SSSR count). The lowest BCUT2D eigenvalue weighted by molar-refractivity contribution is -0.137. The van der Waals surface area contributed by atoms with Crippen LogP contribution in [0.3, 0.4) is 0 Å². The third-order valence-electron chi connectivity index (χ3n) is 10.4. The van der Waals surface area contributed by atoms with Crippen LogP contribution in [0.2, 0.25) is 5.02 Å². The highest BCUT2D eigenvalue weighted by molar-refractivity contribution is 7.22. The number of hydrogen-bond acceptors (Lipinski definition) is 11. The Labute approximate surface area is 356 Å². The molecule has 0 aliphatic carbocycles. The minimum absolute atomic E-state index is 0.205. The van der Waals surface area contributed by atoms with Gasteiger partial charge in [0.15, 0.2) is 16.0 Å². The number of thiazole rings is 2. The number of halogens is 1. The van der Waals surface area contributed by atoms with E-state index in [1.165, 1.54) is 29.8 Å². The standard InChI is InChI=1S/C45H46ClN5O6S2/c1-28-24-31(19-20-32(28)40-35(46)25-29(26-47-40)12-6-4-3-5-7-18-39(52)53)57-23-11-17-38-41(43(55)56-2)49-45(59-38)51-22-21-30-13-10-14-33(34(30)27-51)42(54)50-44-48-36-15-8-9-16-37(36)58-44/h8-10,13-16,19-20,24-26H,3-7,11-12,17-18,21-23,27H2,1-2H3,(H,52,53)(H,48,50,54). The lowest BCUT2D eigenvalue weighted by Gasteiger charge is -2.29. The number of benzene rings is 3. The van der Waals surface area contributed by atoms with Crippen molar-refractivity contribution in [3.05, 3.63) is 116 Å². The van der Waals surface area contributed by atoms with Crippen LogP contribution in [-0.4, -0.2) is 58.2 Å². The zero-order chi connectivity index (χ0) is 41.3.